The molecule has 1 aliphatic heterocycles. The number of carbonyl (C=O) groups is 1. The molecule has 3 aromatic rings. The Hall–Kier alpha value is -3.44. The van der Waals surface area contributed by atoms with E-state index in [0.717, 1.165) is 0 Å². The van der Waals surface area contributed by atoms with E-state index in [9.17, 15) is 27.1 Å². The summed E-state index contributed by atoms with van der Waals surface area (Å²) in [5, 5.41) is 10.4. The molecule has 2 N–H and O–H groups in total. The minimum Gasteiger partial charge on any atom is -0.389 e. The third-order valence-electron chi connectivity index (χ3n) is 5.75. The lowest BCUT2D eigenvalue weighted by molar-refractivity contribution is -0.0149. The molecule has 34 heavy (non-hydrogen) atoms. The largest absolute Gasteiger partial charge is 0.389 e. The smallest absolute Gasteiger partial charge is 0.266 e. The van der Waals surface area contributed by atoms with Gasteiger partial charge in [0.1, 0.15) is 10.4 Å². The van der Waals surface area contributed by atoms with Crippen LogP contribution in [0, 0.1) is 0 Å². The Morgan fingerprint density at radius 3 is 2.44 bits per heavy atom. The molecule has 1 saturated heterocycles. The minimum atomic E-state index is -3.95. The van der Waals surface area contributed by atoms with Gasteiger partial charge in [0.05, 0.1) is 11.1 Å². The molecule has 2 heterocycles. The number of carbonyl (C=O) groups excluding carboxylic acids is 1. The van der Waals surface area contributed by atoms with Crippen molar-refractivity contribution in [2.75, 3.05) is 17.8 Å². The van der Waals surface area contributed by atoms with E-state index in [4.69, 9.17) is 0 Å². The van der Waals surface area contributed by atoms with E-state index in [1.165, 1.54) is 47.6 Å². The van der Waals surface area contributed by atoms with Crippen LogP contribution in [-0.2, 0) is 10.0 Å². The number of aromatic nitrogens is 2. The van der Waals surface area contributed by atoms with Crippen LogP contribution < -0.4 is 4.72 Å². The third-order valence-corrected chi connectivity index (χ3v) is 7.17. The normalized spacial score (nSPS) is 15.7. The second-order valence-electron chi connectivity index (χ2n) is 8.08. The maximum Gasteiger partial charge on any atom is 0.266 e. The number of aliphatic hydroxyl groups is 1. The van der Waals surface area contributed by atoms with E-state index in [1.54, 1.807) is 12.1 Å². The van der Waals surface area contributed by atoms with Crippen LogP contribution in [0.3, 0.4) is 0 Å². The molecule has 8 nitrogen and oxygen atoms in total. The van der Waals surface area contributed by atoms with Crippen molar-refractivity contribution in [2.24, 2.45) is 0 Å². The Bertz CT molecular complexity index is 1330. The second-order valence-corrected chi connectivity index (χ2v) is 9.73. The summed E-state index contributed by atoms with van der Waals surface area (Å²) in [4.78, 5) is 22.6. The average Bonchev–Trinajstić information content (AvgIpc) is 2.83. The molecule has 0 atom stereocenters. The Morgan fingerprint density at radius 2 is 1.76 bits per heavy atom. The van der Waals surface area contributed by atoms with Crippen molar-refractivity contribution in [3.05, 3.63) is 72.6 Å². The van der Waals surface area contributed by atoms with Crippen LogP contribution in [0.5, 0.6) is 0 Å². The molecule has 1 fully saturated rings. The highest BCUT2D eigenvalue weighted by Gasteiger charge is 2.33. The Balaban J connectivity index is 1.43. The van der Waals surface area contributed by atoms with Gasteiger partial charge in [-0.25, -0.2) is 8.42 Å². The van der Waals surface area contributed by atoms with Gasteiger partial charge in [-0.1, -0.05) is 6.07 Å². The number of benzene rings is 2. The lowest BCUT2D eigenvalue weighted by atomic mass is 9.88. The third kappa shape index (κ3) is 5.20. The number of hydrogen-bond donors (Lipinski definition) is 2. The molecule has 1 aliphatic rings. The summed E-state index contributed by atoms with van der Waals surface area (Å²) >= 11 is 0. The first kappa shape index (κ1) is 23.7. The topological polar surface area (TPSA) is 112 Å². The fourth-order valence-corrected chi connectivity index (χ4v) is 5.08. The number of amides is 1. The highest BCUT2D eigenvalue weighted by molar-refractivity contribution is 7.93. The van der Waals surface area contributed by atoms with Crippen LogP contribution in [-0.4, -0.2) is 53.0 Å². The van der Waals surface area contributed by atoms with Crippen molar-refractivity contribution in [2.45, 2.75) is 29.8 Å². The molecule has 1 amide bonds. The van der Waals surface area contributed by atoms with Gasteiger partial charge in [-0.3, -0.25) is 19.5 Å². The van der Waals surface area contributed by atoms with E-state index in [-0.39, 0.29) is 54.4 Å². The Kier molecular flexibility index (Phi) is 6.58. The van der Waals surface area contributed by atoms with E-state index >= 15 is 0 Å². The SMILES string of the molecule is O=C(c1ccc(NS(=O)(=O)c2cccc3nccnc23)cc1)N1CCC(O)(CC=C(F)F)CC1. The summed E-state index contributed by atoms with van der Waals surface area (Å²) in [7, 11) is -3.95. The van der Waals surface area contributed by atoms with Gasteiger partial charge in [-0.2, -0.15) is 8.78 Å². The van der Waals surface area contributed by atoms with E-state index in [1.807, 2.05) is 0 Å². The summed E-state index contributed by atoms with van der Waals surface area (Å²) in [6.07, 6.45) is 1.97. The van der Waals surface area contributed by atoms with Crippen molar-refractivity contribution in [3.8, 4) is 0 Å². The number of sulfonamides is 1. The molecule has 11 heteroatoms. The number of halogens is 2. The number of para-hydroxylation sites is 1. The molecule has 0 saturated carbocycles. The first-order valence-corrected chi connectivity index (χ1v) is 12.0. The van der Waals surface area contributed by atoms with Gasteiger partial charge in [-0.15, -0.1) is 0 Å². The molecular weight excluding hydrogens is 466 g/mol. The number of piperidine rings is 1. The fraction of sp³-hybridized carbons (Fsp3) is 0.261. The predicted octanol–water partition coefficient (Wildman–Crippen LogP) is 3.57. The Morgan fingerprint density at radius 1 is 1.09 bits per heavy atom. The summed E-state index contributed by atoms with van der Waals surface area (Å²) in [5.74, 6) is -0.284. The molecule has 0 bridgehead atoms. The van der Waals surface area contributed by atoms with Crippen LogP contribution in [0.2, 0.25) is 0 Å². The fourth-order valence-electron chi connectivity index (χ4n) is 3.85. The zero-order valence-electron chi connectivity index (χ0n) is 18.0. The number of nitrogens with zero attached hydrogens (tertiary/aromatic N) is 3. The highest BCUT2D eigenvalue weighted by atomic mass is 32.2. The van der Waals surface area contributed by atoms with Gasteiger partial charge in [0.25, 0.3) is 22.0 Å². The van der Waals surface area contributed by atoms with Crippen molar-refractivity contribution >= 4 is 32.7 Å². The second kappa shape index (κ2) is 9.43. The molecule has 0 spiro atoms. The van der Waals surface area contributed by atoms with Gasteiger partial charge < -0.3 is 10.0 Å². The minimum absolute atomic E-state index is 0.0125. The molecule has 2 aromatic carbocycles. The van der Waals surface area contributed by atoms with Gasteiger partial charge in [0, 0.05) is 36.7 Å². The number of fused-ring (bicyclic) bond motifs is 1. The standard InChI is InChI=1S/C23H22F2N4O4S/c24-20(25)8-9-23(31)10-14-29(15-11-23)22(30)16-4-6-17(7-5-16)28-34(32,33)19-3-1-2-18-21(19)27-13-12-26-18/h1-8,12-13,28,31H,9-11,14-15H2. The van der Waals surface area contributed by atoms with Crippen LogP contribution in [0.15, 0.2) is 71.9 Å². The first-order chi connectivity index (χ1) is 16.2. The van der Waals surface area contributed by atoms with Crippen molar-refractivity contribution in [1.82, 2.24) is 14.9 Å². The quantitative estimate of drug-likeness (QED) is 0.549. The van der Waals surface area contributed by atoms with Crippen LogP contribution in [0.25, 0.3) is 11.0 Å². The number of hydrogen-bond acceptors (Lipinski definition) is 6. The van der Waals surface area contributed by atoms with E-state index in [0.29, 0.717) is 17.2 Å². The van der Waals surface area contributed by atoms with Crippen molar-refractivity contribution in [3.63, 3.8) is 0 Å². The van der Waals surface area contributed by atoms with Crippen LogP contribution in [0.1, 0.15) is 29.6 Å². The van der Waals surface area contributed by atoms with Gasteiger partial charge in [0.2, 0.25) is 0 Å². The number of rotatable bonds is 6. The zero-order valence-corrected chi connectivity index (χ0v) is 18.8. The van der Waals surface area contributed by atoms with Gasteiger partial charge in [-0.05, 0) is 61.7 Å². The maximum atomic E-state index is 12.9. The average molecular weight is 489 g/mol. The zero-order chi connectivity index (χ0) is 24.3. The first-order valence-electron chi connectivity index (χ1n) is 10.5. The molecule has 1 aromatic heterocycles. The predicted molar refractivity (Wildman–Crippen MR) is 122 cm³/mol. The number of nitrogens with one attached hydrogen (secondary N) is 1. The van der Waals surface area contributed by atoms with E-state index < -0.39 is 21.7 Å². The van der Waals surface area contributed by atoms with Crippen LogP contribution >= 0.6 is 0 Å². The molecule has 0 radical (unpaired) electrons. The number of likely N-dealkylation sites (tertiary alicyclic amines) is 1. The summed E-state index contributed by atoms with van der Waals surface area (Å²) in [5.41, 5.74) is 0.0586. The molecule has 0 aliphatic carbocycles. The molecule has 0 unspecified atom stereocenters. The van der Waals surface area contributed by atoms with Crippen LogP contribution in [0.4, 0.5) is 14.5 Å². The van der Waals surface area contributed by atoms with Crippen molar-refractivity contribution < 1.29 is 27.1 Å². The highest BCUT2D eigenvalue weighted by Crippen LogP contribution is 2.28. The lowest BCUT2D eigenvalue weighted by Crippen LogP contribution is -2.46. The van der Waals surface area contributed by atoms with E-state index in [2.05, 4.69) is 14.7 Å². The monoisotopic (exact) mass is 488 g/mol. The lowest BCUT2D eigenvalue weighted by Gasteiger charge is -2.37. The van der Waals surface area contributed by atoms with Gasteiger partial charge >= 0.3 is 0 Å². The summed E-state index contributed by atoms with van der Waals surface area (Å²) < 4.78 is 53.0. The van der Waals surface area contributed by atoms with Crippen molar-refractivity contribution in [1.29, 1.82) is 0 Å². The molecular formula is C23H22F2N4O4S. The number of anilines is 1. The Labute approximate surface area is 195 Å². The molecule has 4 rings (SSSR count). The summed E-state index contributed by atoms with van der Waals surface area (Å²) in [6.45, 7) is 0.459. The van der Waals surface area contributed by atoms with Gasteiger partial charge in [0.15, 0.2) is 0 Å². The summed E-state index contributed by atoms with van der Waals surface area (Å²) in [6, 6.07) is 10.7. The maximum absolute atomic E-state index is 12.9. The molecule has 178 valence electrons.